The molecule has 144 valence electrons. The van der Waals surface area contributed by atoms with Gasteiger partial charge in [-0.2, -0.15) is 0 Å². The molecule has 7 heteroatoms. The predicted molar refractivity (Wildman–Crippen MR) is 102 cm³/mol. The van der Waals surface area contributed by atoms with Crippen LogP contribution in [0.15, 0.2) is 48.9 Å². The third-order valence-electron chi connectivity index (χ3n) is 4.04. The van der Waals surface area contributed by atoms with Gasteiger partial charge in [0.25, 0.3) is 5.91 Å². The van der Waals surface area contributed by atoms with Crippen LogP contribution in [-0.4, -0.2) is 60.0 Å². The van der Waals surface area contributed by atoms with E-state index >= 15 is 0 Å². The van der Waals surface area contributed by atoms with E-state index in [1.807, 2.05) is 30.3 Å². The molecule has 0 bridgehead atoms. The highest BCUT2D eigenvalue weighted by atomic mass is 16.5. The Hall–Kier alpha value is -2.80. The molecule has 0 aliphatic carbocycles. The Bertz CT molecular complexity index is 695. The number of hydrogen-bond donors (Lipinski definition) is 1. The number of nitrogens with one attached hydrogen (secondary N) is 1. The Kier molecular flexibility index (Phi) is 8.92. The van der Waals surface area contributed by atoms with E-state index in [2.05, 4.69) is 15.3 Å². The van der Waals surface area contributed by atoms with Gasteiger partial charge in [0.1, 0.15) is 5.69 Å². The van der Waals surface area contributed by atoms with E-state index in [9.17, 15) is 9.59 Å². The minimum absolute atomic E-state index is 0.0808. The first-order chi connectivity index (χ1) is 13.2. The maximum Gasteiger partial charge on any atom is 0.274 e. The molecule has 0 atom stereocenters. The summed E-state index contributed by atoms with van der Waals surface area (Å²) in [6.07, 6.45) is 6.18. The lowest BCUT2D eigenvalue weighted by Gasteiger charge is -2.22. The van der Waals surface area contributed by atoms with E-state index in [0.29, 0.717) is 32.7 Å². The molecule has 1 heterocycles. The summed E-state index contributed by atoms with van der Waals surface area (Å²) >= 11 is 0. The van der Waals surface area contributed by atoms with E-state index in [4.69, 9.17) is 4.74 Å². The zero-order valence-corrected chi connectivity index (χ0v) is 15.6. The van der Waals surface area contributed by atoms with E-state index in [1.54, 1.807) is 12.0 Å². The van der Waals surface area contributed by atoms with Crippen LogP contribution in [0.3, 0.4) is 0 Å². The number of hydrogen-bond acceptors (Lipinski definition) is 5. The Morgan fingerprint density at radius 1 is 1.15 bits per heavy atom. The predicted octanol–water partition coefficient (Wildman–Crippen LogP) is 1.70. The van der Waals surface area contributed by atoms with Crippen molar-refractivity contribution in [2.75, 3.05) is 33.4 Å². The fourth-order valence-corrected chi connectivity index (χ4v) is 2.56. The van der Waals surface area contributed by atoms with Crippen LogP contribution in [0.2, 0.25) is 0 Å². The largest absolute Gasteiger partial charge is 0.385 e. The van der Waals surface area contributed by atoms with Crippen LogP contribution in [-0.2, 0) is 16.0 Å². The molecule has 0 saturated carbocycles. The van der Waals surface area contributed by atoms with Gasteiger partial charge >= 0.3 is 0 Å². The third-order valence-corrected chi connectivity index (χ3v) is 4.04. The minimum Gasteiger partial charge on any atom is -0.385 e. The maximum absolute atomic E-state index is 12.8. The smallest absolute Gasteiger partial charge is 0.274 e. The second-order valence-corrected chi connectivity index (χ2v) is 6.06. The molecule has 0 aliphatic rings. The first kappa shape index (κ1) is 20.5. The molecule has 0 radical (unpaired) electrons. The number of methoxy groups -OCH3 is 1. The number of amides is 2. The summed E-state index contributed by atoms with van der Waals surface area (Å²) in [5.41, 5.74) is 1.42. The minimum atomic E-state index is -0.216. The number of nitrogens with zero attached hydrogens (tertiary/aromatic N) is 3. The lowest BCUT2D eigenvalue weighted by Crippen LogP contribution is -2.37. The van der Waals surface area contributed by atoms with Crippen LogP contribution >= 0.6 is 0 Å². The standard InChI is InChI=1S/C20H26N4O3/c1-27-15-5-10-23-19(25)9-14-24(13-8-17-6-3-2-4-7-17)20(26)18-16-21-11-12-22-18/h2-4,6-7,11-12,16H,5,8-10,13-15H2,1H3,(H,23,25). The molecule has 0 unspecified atom stereocenters. The van der Waals surface area contributed by atoms with Gasteiger partial charge in [-0.05, 0) is 18.4 Å². The molecule has 0 aliphatic heterocycles. The highest BCUT2D eigenvalue weighted by Crippen LogP contribution is 2.06. The second-order valence-electron chi connectivity index (χ2n) is 6.06. The Morgan fingerprint density at radius 2 is 1.96 bits per heavy atom. The molecule has 1 aromatic heterocycles. The normalized spacial score (nSPS) is 10.4. The third kappa shape index (κ3) is 7.53. The molecule has 0 fully saturated rings. The molecule has 2 amide bonds. The SMILES string of the molecule is COCCCNC(=O)CCN(CCc1ccccc1)C(=O)c1cnccn1. The van der Waals surface area contributed by atoms with Gasteiger partial charge in [0, 0.05) is 52.2 Å². The molecular formula is C20H26N4O3. The van der Waals surface area contributed by atoms with Crippen LogP contribution in [0.5, 0.6) is 0 Å². The number of ether oxygens (including phenoxy) is 1. The number of rotatable bonds is 11. The summed E-state index contributed by atoms with van der Waals surface area (Å²) in [6.45, 7) is 2.01. The average Bonchev–Trinajstić information content (AvgIpc) is 2.72. The molecule has 1 aromatic carbocycles. The fraction of sp³-hybridized carbons (Fsp3) is 0.400. The van der Waals surface area contributed by atoms with Crippen molar-refractivity contribution in [2.45, 2.75) is 19.3 Å². The fourth-order valence-electron chi connectivity index (χ4n) is 2.56. The summed E-state index contributed by atoms with van der Waals surface area (Å²) in [4.78, 5) is 34.5. The molecule has 0 saturated heterocycles. The van der Waals surface area contributed by atoms with E-state index in [0.717, 1.165) is 12.0 Å². The Labute approximate surface area is 159 Å². The van der Waals surface area contributed by atoms with Crippen LogP contribution in [0.25, 0.3) is 0 Å². The van der Waals surface area contributed by atoms with Gasteiger partial charge in [-0.3, -0.25) is 14.6 Å². The van der Waals surface area contributed by atoms with Crippen molar-refractivity contribution in [2.24, 2.45) is 0 Å². The van der Waals surface area contributed by atoms with Crippen LogP contribution in [0.4, 0.5) is 0 Å². The van der Waals surface area contributed by atoms with Crippen LogP contribution < -0.4 is 5.32 Å². The van der Waals surface area contributed by atoms with Gasteiger partial charge < -0.3 is 15.0 Å². The van der Waals surface area contributed by atoms with E-state index in [-0.39, 0.29) is 23.9 Å². The maximum atomic E-state index is 12.8. The van der Waals surface area contributed by atoms with Crippen molar-refractivity contribution in [3.05, 3.63) is 60.2 Å². The number of benzene rings is 1. The number of aromatic nitrogens is 2. The first-order valence-electron chi connectivity index (χ1n) is 9.05. The quantitative estimate of drug-likeness (QED) is 0.609. The topological polar surface area (TPSA) is 84.4 Å². The molecule has 27 heavy (non-hydrogen) atoms. The molecule has 1 N–H and O–H groups in total. The zero-order chi connectivity index (χ0) is 19.3. The molecule has 0 spiro atoms. The van der Waals surface area contributed by atoms with Crippen molar-refractivity contribution in [1.82, 2.24) is 20.2 Å². The van der Waals surface area contributed by atoms with Gasteiger partial charge in [-0.15, -0.1) is 0 Å². The van der Waals surface area contributed by atoms with Crippen molar-refractivity contribution in [3.63, 3.8) is 0 Å². The number of carbonyl (C=O) groups excluding carboxylic acids is 2. The van der Waals surface area contributed by atoms with Crippen molar-refractivity contribution >= 4 is 11.8 Å². The van der Waals surface area contributed by atoms with Gasteiger partial charge in [-0.1, -0.05) is 30.3 Å². The summed E-state index contributed by atoms with van der Waals surface area (Å²) in [7, 11) is 1.63. The monoisotopic (exact) mass is 370 g/mol. The molecule has 7 nitrogen and oxygen atoms in total. The van der Waals surface area contributed by atoms with E-state index in [1.165, 1.54) is 18.6 Å². The van der Waals surface area contributed by atoms with Gasteiger partial charge in [0.15, 0.2) is 0 Å². The second kappa shape index (κ2) is 11.7. The van der Waals surface area contributed by atoms with Crippen molar-refractivity contribution in [1.29, 1.82) is 0 Å². The Morgan fingerprint density at radius 3 is 2.67 bits per heavy atom. The van der Waals surface area contributed by atoms with Gasteiger partial charge in [0.2, 0.25) is 5.91 Å². The average molecular weight is 370 g/mol. The van der Waals surface area contributed by atoms with E-state index < -0.39 is 0 Å². The van der Waals surface area contributed by atoms with Crippen LogP contribution in [0.1, 0.15) is 28.9 Å². The number of carbonyl (C=O) groups is 2. The highest BCUT2D eigenvalue weighted by molar-refractivity contribution is 5.92. The van der Waals surface area contributed by atoms with Gasteiger partial charge in [0.05, 0.1) is 6.20 Å². The van der Waals surface area contributed by atoms with Gasteiger partial charge in [-0.25, -0.2) is 4.98 Å². The first-order valence-corrected chi connectivity index (χ1v) is 9.05. The highest BCUT2D eigenvalue weighted by Gasteiger charge is 2.18. The summed E-state index contributed by atoms with van der Waals surface area (Å²) in [6, 6.07) is 9.94. The summed E-state index contributed by atoms with van der Waals surface area (Å²) < 4.78 is 4.96. The lowest BCUT2D eigenvalue weighted by molar-refractivity contribution is -0.121. The summed E-state index contributed by atoms with van der Waals surface area (Å²) in [5.74, 6) is -0.297. The molecule has 2 aromatic rings. The van der Waals surface area contributed by atoms with Crippen LogP contribution in [0, 0.1) is 0 Å². The summed E-state index contributed by atoms with van der Waals surface area (Å²) in [5, 5.41) is 2.84. The zero-order valence-electron chi connectivity index (χ0n) is 15.6. The Balaban J connectivity index is 1.92. The van der Waals surface area contributed by atoms with Crippen molar-refractivity contribution in [3.8, 4) is 0 Å². The molecular weight excluding hydrogens is 344 g/mol. The van der Waals surface area contributed by atoms with Crippen molar-refractivity contribution < 1.29 is 14.3 Å². The lowest BCUT2D eigenvalue weighted by atomic mass is 10.1. The molecule has 2 rings (SSSR count).